The van der Waals surface area contributed by atoms with E-state index in [-0.39, 0.29) is 21.0 Å². The normalized spacial score (nSPS) is 19.0. The van der Waals surface area contributed by atoms with Crippen LogP contribution < -0.4 is 10.2 Å². The molecule has 1 fully saturated rings. The van der Waals surface area contributed by atoms with Crippen LogP contribution in [0.4, 0.5) is 0 Å². The second kappa shape index (κ2) is 7.04. The number of hydrogen-bond acceptors (Lipinski definition) is 7. The lowest BCUT2D eigenvalue weighted by molar-refractivity contribution is -0.123. The number of thioether (sulfide) groups is 1. The zero-order chi connectivity index (χ0) is 19.9. The molecule has 4 rings (SSSR count). The number of hydrazine groups is 1. The van der Waals surface area contributed by atoms with Gasteiger partial charge in [0, 0.05) is 5.56 Å². The van der Waals surface area contributed by atoms with Crippen LogP contribution in [0, 0.1) is 0 Å². The first-order valence-corrected chi connectivity index (χ1v) is 10.7. The molecule has 0 bridgehead atoms. The molecular weight excluding hydrogens is 418 g/mol. The monoisotopic (exact) mass is 431 g/mol. The molecule has 1 saturated heterocycles. The number of nitrogens with zero attached hydrogens (tertiary/aromatic N) is 2. The predicted octanol–water partition coefficient (Wildman–Crippen LogP) is 2.55. The summed E-state index contributed by atoms with van der Waals surface area (Å²) in [4.78, 5) is 13.3. The van der Waals surface area contributed by atoms with Crippen molar-refractivity contribution >= 4 is 56.1 Å². The fraction of sp³-hybridized carbons (Fsp3) is 0.0556. The maximum absolute atomic E-state index is 12.8. The van der Waals surface area contributed by atoms with Gasteiger partial charge in [-0.1, -0.05) is 36.0 Å². The third-order valence-electron chi connectivity index (χ3n) is 4.06. The molecule has 0 unspecified atom stereocenters. The summed E-state index contributed by atoms with van der Waals surface area (Å²) < 4.78 is 33.4. The number of ether oxygens (including phenoxy) is 1. The molecule has 10 heteroatoms. The van der Waals surface area contributed by atoms with Crippen LogP contribution >= 0.6 is 24.0 Å². The van der Waals surface area contributed by atoms with Gasteiger partial charge in [0.15, 0.2) is 10.2 Å². The van der Waals surface area contributed by atoms with Gasteiger partial charge < -0.3 is 4.74 Å². The smallest absolute Gasteiger partial charge is 0.285 e. The first-order chi connectivity index (χ1) is 13.4. The minimum absolute atomic E-state index is 0.0672. The molecule has 0 atom stereocenters. The molecule has 1 N–H and O–H groups in total. The van der Waals surface area contributed by atoms with Crippen LogP contribution in [0.5, 0.6) is 5.75 Å². The summed E-state index contributed by atoms with van der Waals surface area (Å²) in [6.45, 7) is 0. The van der Waals surface area contributed by atoms with Gasteiger partial charge in [0.05, 0.1) is 12.0 Å². The minimum Gasteiger partial charge on any atom is -0.497 e. The third kappa shape index (κ3) is 3.30. The van der Waals surface area contributed by atoms with Crippen molar-refractivity contribution in [2.75, 3.05) is 7.11 Å². The number of fused-ring (bicyclic) bond motifs is 1. The maximum Gasteiger partial charge on any atom is 0.285 e. The fourth-order valence-corrected chi connectivity index (χ4v) is 5.06. The summed E-state index contributed by atoms with van der Waals surface area (Å²) >= 11 is 6.40. The Balaban J connectivity index is 1.59. The molecule has 2 aliphatic heterocycles. The minimum atomic E-state index is -3.79. The van der Waals surface area contributed by atoms with Crippen LogP contribution in [0.3, 0.4) is 0 Å². The zero-order valence-corrected chi connectivity index (χ0v) is 16.9. The number of amidine groups is 1. The fourth-order valence-electron chi connectivity index (χ4n) is 2.71. The van der Waals surface area contributed by atoms with Gasteiger partial charge in [0.2, 0.25) is 0 Å². The molecule has 142 valence electrons. The highest BCUT2D eigenvalue weighted by atomic mass is 32.2. The summed E-state index contributed by atoms with van der Waals surface area (Å²) in [5, 5.41) is 1.13. The molecule has 2 aromatic carbocycles. The largest absolute Gasteiger partial charge is 0.497 e. The van der Waals surface area contributed by atoms with E-state index in [1.165, 1.54) is 6.07 Å². The molecule has 1 amide bonds. The van der Waals surface area contributed by atoms with Crippen LogP contribution in [0.1, 0.15) is 11.1 Å². The SMILES string of the molecule is COc1ccc(/C=C2/SC(=S)N(NC3=NS(=O)(=O)c4ccccc43)C2=O)cc1. The summed E-state index contributed by atoms with van der Waals surface area (Å²) in [6.07, 6.45) is 1.71. The van der Waals surface area contributed by atoms with Crippen molar-refractivity contribution in [2.45, 2.75) is 4.90 Å². The lowest BCUT2D eigenvalue weighted by atomic mass is 10.2. The Morgan fingerprint density at radius 1 is 1.18 bits per heavy atom. The van der Waals surface area contributed by atoms with Gasteiger partial charge in [-0.05, 0) is 48.1 Å². The van der Waals surface area contributed by atoms with E-state index in [9.17, 15) is 13.2 Å². The maximum atomic E-state index is 12.8. The van der Waals surface area contributed by atoms with Crippen molar-refractivity contribution in [2.24, 2.45) is 4.40 Å². The van der Waals surface area contributed by atoms with Crippen LogP contribution in [0.15, 0.2) is 62.7 Å². The van der Waals surface area contributed by atoms with Crippen LogP contribution in [0.2, 0.25) is 0 Å². The van der Waals surface area contributed by atoms with Gasteiger partial charge >= 0.3 is 0 Å². The summed E-state index contributed by atoms with van der Waals surface area (Å²) in [6, 6.07) is 13.6. The lowest BCUT2D eigenvalue weighted by Crippen LogP contribution is -2.44. The Morgan fingerprint density at radius 2 is 1.89 bits per heavy atom. The number of hydrogen-bond donors (Lipinski definition) is 1. The Morgan fingerprint density at radius 3 is 2.61 bits per heavy atom. The molecule has 7 nitrogen and oxygen atoms in total. The Labute approximate surface area is 171 Å². The predicted molar refractivity (Wildman–Crippen MR) is 111 cm³/mol. The molecule has 2 heterocycles. The average Bonchev–Trinajstić information content (AvgIpc) is 3.10. The van der Waals surface area contributed by atoms with Crippen molar-refractivity contribution in [1.29, 1.82) is 0 Å². The molecule has 0 aliphatic carbocycles. The number of sulfonamides is 1. The topological polar surface area (TPSA) is 88.1 Å². The van der Waals surface area contributed by atoms with Gasteiger partial charge in [-0.25, -0.2) is 0 Å². The van der Waals surface area contributed by atoms with Crippen LogP contribution in [0.25, 0.3) is 6.08 Å². The number of methoxy groups -OCH3 is 1. The van der Waals surface area contributed by atoms with E-state index in [0.717, 1.165) is 22.3 Å². The first-order valence-electron chi connectivity index (χ1n) is 8.02. The van der Waals surface area contributed by atoms with E-state index in [0.29, 0.717) is 16.2 Å². The van der Waals surface area contributed by atoms with Gasteiger partial charge in [-0.2, -0.15) is 13.4 Å². The standard InChI is InChI=1S/C18H13N3O4S3/c1-25-12-8-6-11(7-9-12)10-14-17(22)21(18(26)27-14)19-16-13-4-2-3-5-15(13)28(23,24)20-16/h2-10H,1H3,(H,19,20)/b14-10+. The highest BCUT2D eigenvalue weighted by Crippen LogP contribution is 2.33. The number of nitrogens with one attached hydrogen (secondary N) is 1. The van der Waals surface area contributed by atoms with E-state index < -0.39 is 10.0 Å². The molecule has 28 heavy (non-hydrogen) atoms. The van der Waals surface area contributed by atoms with Crippen molar-refractivity contribution in [3.05, 3.63) is 64.6 Å². The average molecular weight is 432 g/mol. The molecular formula is C18H13N3O4S3. The van der Waals surface area contributed by atoms with Gasteiger partial charge in [-0.3, -0.25) is 10.2 Å². The zero-order valence-electron chi connectivity index (χ0n) is 14.4. The van der Waals surface area contributed by atoms with Crippen molar-refractivity contribution in [3.63, 3.8) is 0 Å². The second-order valence-electron chi connectivity index (χ2n) is 5.81. The van der Waals surface area contributed by atoms with Crippen LogP contribution in [-0.2, 0) is 14.8 Å². The van der Waals surface area contributed by atoms with E-state index in [4.69, 9.17) is 17.0 Å². The number of benzene rings is 2. The molecule has 0 aromatic heterocycles. The number of carbonyl (C=O) groups excluding carboxylic acids is 1. The van der Waals surface area contributed by atoms with Crippen molar-refractivity contribution < 1.29 is 17.9 Å². The highest BCUT2D eigenvalue weighted by Gasteiger charge is 2.36. The van der Waals surface area contributed by atoms with E-state index in [2.05, 4.69) is 9.82 Å². The highest BCUT2D eigenvalue weighted by molar-refractivity contribution is 8.26. The molecule has 0 radical (unpaired) electrons. The quantitative estimate of drug-likeness (QED) is 0.590. The summed E-state index contributed by atoms with van der Waals surface area (Å²) in [7, 11) is -2.21. The van der Waals surface area contributed by atoms with Crippen molar-refractivity contribution in [1.82, 2.24) is 10.4 Å². The number of thiocarbonyl (C=S) groups is 1. The molecule has 2 aromatic rings. The van der Waals surface area contributed by atoms with E-state index >= 15 is 0 Å². The molecule has 0 saturated carbocycles. The van der Waals surface area contributed by atoms with Gasteiger partial charge in [0.1, 0.15) is 10.6 Å². The van der Waals surface area contributed by atoms with Crippen LogP contribution in [-0.4, -0.2) is 36.6 Å². The summed E-state index contributed by atoms with van der Waals surface area (Å²) in [5.41, 5.74) is 3.97. The van der Waals surface area contributed by atoms with E-state index in [1.807, 2.05) is 12.1 Å². The third-order valence-corrected chi connectivity index (χ3v) is 6.69. The Bertz CT molecular complexity index is 1150. The molecule has 0 spiro atoms. The number of carbonyl (C=O) groups is 1. The second-order valence-corrected chi connectivity index (χ2v) is 9.06. The lowest BCUT2D eigenvalue weighted by Gasteiger charge is -2.16. The van der Waals surface area contributed by atoms with Crippen molar-refractivity contribution in [3.8, 4) is 5.75 Å². The number of rotatable bonds is 3. The number of amides is 1. The first kappa shape index (κ1) is 18.7. The van der Waals surface area contributed by atoms with E-state index in [1.54, 1.807) is 43.5 Å². The van der Waals surface area contributed by atoms with Gasteiger partial charge in [0.25, 0.3) is 15.9 Å². The Kier molecular flexibility index (Phi) is 4.69. The Hall–Kier alpha value is -2.69. The molecule has 2 aliphatic rings. The summed E-state index contributed by atoms with van der Waals surface area (Å²) in [5.74, 6) is 0.401. The van der Waals surface area contributed by atoms with Gasteiger partial charge in [-0.15, -0.1) is 4.40 Å².